The number of ether oxygens (including phenoxy) is 2. The van der Waals surface area contributed by atoms with E-state index in [1.165, 1.54) is 0 Å². The van der Waals surface area contributed by atoms with Gasteiger partial charge in [0.1, 0.15) is 17.2 Å². The summed E-state index contributed by atoms with van der Waals surface area (Å²) in [7, 11) is 0. The van der Waals surface area contributed by atoms with Gasteiger partial charge in [-0.3, -0.25) is 4.79 Å². The molecule has 8 nitrogen and oxygen atoms in total. The smallest absolute Gasteiger partial charge is 0.408 e. The zero-order valence-electron chi connectivity index (χ0n) is 16.6. The summed E-state index contributed by atoms with van der Waals surface area (Å²) in [4.78, 5) is 28.0. The molecule has 0 saturated carbocycles. The molecule has 2 amide bonds. The van der Waals surface area contributed by atoms with E-state index in [1.54, 1.807) is 6.07 Å². The van der Waals surface area contributed by atoms with Gasteiger partial charge in [0.2, 0.25) is 0 Å². The first-order valence-corrected chi connectivity index (χ1v) is 9.09. The van der Waals surface area contributed by atoms with Gasteiger partial charge < -0.3 is 24.7 Å². The first-order chi connectivity index (χ1) is 12.7. The molecule has 1 aromatic heterocycles. The van der Waals surface area contributed by atoms with Crippen molar-refractivity contribution in [2.24, 2.45) is 0 Å². The van der Waals surface area contributed by atoms with Gasteiger partial charge in [0, 0.05) is 19.2 Å². The quantitative estimate of drug-likeness (QED) is 0.775. The van der Waals surface area contributed by atoms with Gasteiger partial charge in [-0.2, -0.15) is 0 Å². The molecule has 0 bridgehead atoms. The molecule has 0 atom stereocenters. The maximum atomic E-state index is 11.9. The molecule has 0 saturated heterocycles. The average molecular weight is 376 g/mol. The second kappa shape index (κ2) is 8.75. The minimum absolute atomic E-state index is 0.0351. The highest BCUT2D eigenvalue weighted by molar-refractivity contribution is 5.79. The summed E-state index contributed by atoms with van der Waals surface area (Å²) in [5.41, 5.74) is 1.13. The van der Waals surface area contributed by atoms with E-state index in [2.05, 4.69) is 15.6 Å². The fourth-order valence-corrected chi connectivity index (χ4v) is 2.59. The number of imidazole rings is 1. The highest BCUT2D eigenvalue weighted by atomic mass is 16.6. The molecule has 2 N–H and O–H groups in total. The Bertz CT molecular complexity index is 808. The summed E-state index contributed by atoms with van der Waals surface area (Å²) >= 11 is 0. The third-order valence-corrected chi connectivity index (χ3v) is 3.65. The van der Waals surface area contributed by atoms with E-state index in [4.69, 9.17) is 9.47 Å². The number of aromatic nitrogens is 2. The minimum Gasteiger partial charge on any atom is -0.484 e. The number of nitrogens with one attached hydrogen (secondary N) is 2. The van der Waals surface area contributed by atoms with Gasteiger partial charge in [-0.25, -0.2) is 9.78 Å². The van der Waals surface area contributed by atoms with E-state index >= 15 is 0 Å². The van der Waals surface area contributed by atoms with Crippen molar-refractivity contribution in [3.63, 3.8) is 0 Å². The zero-order valence-corrected chi connectivity index (χ0v) is 16.6. The standard InChI is InChI=1S/C19H28N4O4/c1-6-20-17(24)12-26-13-8-9-14-15(10-13)23(7-2)16(22-14)11-21-18(25)27-19(3,4)5/h8-10H,6-7,11-12H2,1-5H3,(H,20,24)(H,21,25). The number of carbonyl (C=O) groups excluding carboxylic acids is 2. The van der Waals surface area contributed by atoms with Crippen molar-refractivity contribution < 1.29 is 19.1 Å². The van der Waals surface area contributed by atoms with Gasteiger partial charge in [-0.15, -0.1) is 0 Å². The van der Waals surface area contributed by atoms with Crippen molar-refractivity contribution in [3.05, 3.63) is 24.0 Å². The fraction of sp³-hybridized carbons (Fsp3) is 0.526. The van der Waals surface area contributed by atoms with Crippen LogP contribution >= 0.6 is 0 Å². The molecule has 0 unspecified atom stereocenters. The number of alkyl carbamates (subject to hydrolysis) is 1. The van der Waals surface area contributed by atoms with Gasteiger partial charge >= 0.3 is 6.09 Å². The molecule has 0 aliphatic carbocycles. The lowest BCUT2D eigenvalue weighted by molar-refractivity contribution is -0.122. The molecule has 0 fully saturated rings. The Morgan fingerprint density at radius 3 is 2.56 bits per heavy atom. The third kappa shape index (κ3) is 5.87. The molecule has 2 rings (SSSR count). The Morgan fingerprint density at radius 1 is 1.19 bits per heavy atom. The van der Waals surface area contributed by atoms with Crippen LogP contribution in [0.3, 0.4) is 0 Å². The third-order valence-electron chi connectivity index (χ3n) is 3.65. The number of amides is 2. The highest BCUT2D eigenvalue weighted by Crippen LogP contribution is 2.22. The number of likely N-dealkylation sites (N-methyl/N-ethyl adjacent to an activating group) is 1. The van der Waals surface area contributed by atoms with Crippen molar-refractivity contribution >= 4 is 23.0 Å². The number of fused-ring (bicyclic) bond motifs is 1. The lowest BCUT2D eigenvalue weighted by Crippen LogP contribution is -2.32. The summed E-state index contributed by atoms with van der Waals surface area (Å²) in [5.74, 6) is 1.15. The molecule has 0 spiro atoms. The summed E-state index contributed by atoms with van der Waals surface area (Å²) in [5, 5.41) is 5.42. The van der Waals surface area contributed by atoms with Gasteiger partial charge in [0.05, 0.1) is 17.6 Å². The average Bonchev–Trinajstić information content (AvgIpc) is 2.93. The van der Waals surface area contributed by atoms with Gasteiger partial charge in [-0.1, -0.05) is 0 Å². The Labute approximate surface area is 159 Å². The molecule has 2 aromatic rings. The van der Waals surface area contributed by atoms with E-state index in [-0.39, 0.29) is 19.1 Å². The topological polar surface area (TPSA) is 94.5 Å². The molecule has 1 heterocycles. The van der Waals surface area contributed by atoms with Crippen molar-refractivity contribution in [1.82, 2.24) is 20.2 Å². The first-order valence-electron chi connectivity index (χ1n) is 9.09. The maximum absolute atomic E-state index is 11.9. The van der Waals surface area contributed by atoms with Crippen LogP contribution in [0.5, 0.6) is 5.75 Å². The molecule has 0 radical (unpaired) electrons. The summed E-state index contributed by atoms with van der Waals surface area (Å²) in [6, 6.07) is 5.47. The van der Waals surface area contributed by atoms with Crippen LogP contribution in [-0.4, -0.2) is 40.3 Å². The number of hydrogen-bond donors (Lipinski definition) is 2. The fourth-order valence-electron chi connectivity index (χ4n) is 2.59. The van der Waals surface area contributed by atoms with Gasteiger partial charge in [0.15, 0.2) is 6.61 Å². The number of rotatable bonds is 7. The maximum Gasteiger partial charge on any atom is 0.408 e. The van der Waals surface area contributed by atoms with Crippen LogP contribution < -0.4 is 15.4 Å². The van der Waals surface area contributed by atoms with Crippen LogP contribution in [0.2, 0.25) is 0 Å². The highest BCUT2D eigenvalue weighted by Gasteiger charge is 2.17. The number of hydrogen-bond acceptors (Lipinski definition) is 5. The normalized spacial score (nSPS) is 11.3. The SMILES string of the molecule is CCNC(=O)COc1ccc2nc(CNC(=O)OC(C)(C)C)n(CC)c2c1. The van der Waals surface area contributed by atoms with Crippen LogP contribution in [0, 0.1) is 0 Å². The summed E-state index contributed by atoms with van der Waals surface area (Å²) in [6.45, 7) is 10.8. The second-order valence-corrected chi connectivity index (χ2v) is 7.02. The molecular weight excluding hydrogens is 348 g/mol. The summed E-state index contributed by atoms with van der Waals surface area (Å²) < 4.78 is 12.8. The molecule has 0 aliphatic rings. The first kappa shape index (κ1) is 20.5. The van der Waals surface area contributed by atoms with Crippen LogP contribution in [0.15, 0.2) is 18.2 Å². The second-order valence-electron chi connectivity index (χ2n) is 7.02. The zero-order chi connectivity index (χ0) is 20.0. The Kier molecular flexibility index (Phi) is 6.65. The predicted octanol–water partition coefficient (Wildman–Crippen LogP) is 2.60. The Morgan fingerprint density at radius 2 is 1.93 bits per heavy atom. The van der Waals surface area contributed by atoms with Crippen LogP contribution in [-0.2, 0) is 22.6 Å². The van der Waals surface area contributed by atoms with E-state index in [1.807, 2.05) is 51.3 Å². The van der Waals surface area contributed by atoms with Crippen molar-refractivity contribution in [2.75, 3.05) is 13.2 Å². The minimum atomic E-state index is -0.550. The summed E-state index contributed by atoms with van der Waals surface area (Å²) in [6.07, 6.45) is -0.483. The predicted molar refractivity (Wildman–Crippen MR) is 103 cm³/mol. The number of carbonyl (C=O) groups is 2. The lowest BCUT2D eigenvalue weighted by Gasteiger charge is -2.19. The monoisotopic (exact) mass is 376 g/mol. The lowest BCUT2D eigenvalue weighted by atomic mass is 10.2. The number of nitrogens with zero attached hydrogens (tertiary/aromatic N) is 2. The number of aryl methyl sites for hydroxylation is 1. The largest absolute Gasteiger partial charge is 0.484 e. The van der Waals surface area contributed by atoms with Crippen molar-refractivity contribution in [3.8, 4) is 5.75 Å². The molecule has 0 aliphatic heterocycles. The Balaban J connectivity index is 2.12. The molecule has 27 heavy (non-hydrogen) atoms. The van der Waals surface area contributed by atoms with E-state index in [0.717, 1.165) is 16.9 Å². The van der Waals surface area contributed by atoms with E-state index in [9.17, 15) is 9.59 Å². The van der Waals surface area contributed by atoms with E-state index in [0.29, 0.717) is 18.8 Å². The Hall–Kier alpha value is -2.77. The van der Waals surface area contributed by atoms with Crippen LogP contribution in [0.1, 0.15) is 40.4 Å². The van der Waals surface area contributed by atoms with Gasteiger partial charge in [0.25, 0.3) is 5.91 Å². The van der Waals surface area contributed by atoms with Crippen LogP contribution in [0.25, 0.3) is 11.0 Å². The molecular formula is C19H28N4O4. The van der Waals surface area contributed by atoms with E-state index < -0.39 is 11.7 Å². The van der Waals surface area contributed by atoms with Crippen molar-refractivity contribution in [1.29, 1.82) is 0 Å². The van der Waals surface area contributed by atoms with Crippen LogP contribution in [0.4, 0.5) is 4.79 Å². The van der Waals surface area contributed by atoms with Gasteiger partial charge in [-0.05, 0) is 46.8 Å². The molecule has 1 aromatic carbocycles. The molecule has 8 heteroatoms. The number of benzene rings is 1. The molecule has 148 valence electrons. The van der Waals surface area contributed by atoms with Crippen molar-refractivity contribution in [2.45, 2.75) is 53.3 Å².